The first kappa shape index (κ1) is 14.8. The molecule has 0 spiro atoms. The minimum Gasteiger partial charge on any atom is -0.438 e. The van der Waals surface area contributed by atoms with E-state index in [1.54, 1.807) is 0 Å². The zero-order valence-electron chi connectivity index (χ0n) is 12.0. The Labute approximate surface area is 124 Å². The molecule has 106 valence electrons. The summed E-state index contributed by atoms with van der Waals surface area (Å²) in [5.41, 5.74) is 2.98. The molecule has 0 bridgehead atoms. The average Bonchev–Trinajstić information content (AvgIpc) is 2.41. The van der Waals surface area contributed by atoms with E-state index >= 15 is 0 Å². The number of benzene rings is 1. The van der Waals surface area contributed by atoms with Crippen LogP contribution in [0.1, 0.15) is 23.7 Å². The van der Waals surface area contributed by atoms with Crippen molar-refractivity contribution >= 4 is 11.6 Å². The van der Waals surface area contributed by atoms with Gasteiger partial charge in [-0.3, -0.25) is 0 Å². The topological polar surface area (TPSA) is 34.1 Å². The number of aryl methyl sites for hydroxylation is 2. The van der Waals surface area contributed by atoms with Crippen molar-refractivity contribution in [3.05, 3.63) is 52.2 Å². The number of nitrogens with zero attached hydrogens (tertiary/aromatic N) is 1. The van der Waals surface area contributed by atoms with Gasteiger partial charge in [0.05, 0.1) is 5.69 Å². The molecule has 0 aliphatic rings. The SMILES string of the molecule is CCNCc1cccc(Oc2c(C)cc(Cl)cc2C)n1. The predicted molar refractivity (Wildman–Crippen MR) is 82.6 cm³/mol. The quantitative estimate of drug-likeness (QED) is 0.894. The highest BCUT2D eigenvalue weighted by molar-refractivity contribution is 6.30. The van der Waals surface area contributed by atoms with Crippen molar-refractivity contribution in [3.63, 3.8) is 0 Å². The number of hydrogen-bond donors (Lipinski definition) is 1. The Morgan fingerprint density at radius 1 is 1.20 bits per heavy atom. The van der Waals surface area contributed by atoms with Gasteiger partial charge in [0.15, 0.2) is 0 Å². The molecule has 0 saturated carbocycles. The molecule has 1 aromatic heterocycles. The van der Waals surface area contributed by atoms with Gasteiger partial charge < -0.3 is 10.1 Å². The molecular formula is C16H19ClN2O. The summed E-state index contributed by atoms with van der Waals surface area (Å²) in [5.74, 6) is 1.43. The van der Waals surface area contributed by atoms with Gasteiger partial charge in [0.2, 0.25) is 5.88 Å². The number of hydrogen-bond acceptors (Lipinski definition) is 3. The van der Waals surface area contributed by atoms with Gasteiger partial charge in [-0.2, -0.15) is 0 Å². The van der Waals surface area contributed by atoms with Gasteiger partial charge in [-0.15, -0.1) is 0 Å². The van der Waals surface area contributed by atoms with E-state index in [9.17, 15) is 0 Å². The first-order chi connectivity index (χ1) is 9.60. The number of rotatable bonds is 5. The third kappa shape index (κ3) is 3.71. The summed E-state index contributed by atoms with van der Waals surface area (Å²) >= 11 is 6.03. The summed E-state index contributed by atoms with van der Waals surface area (Å²) in [6.45, 7) is 7.70. The normalized spacial score (nSPS) is 10.6. The molecule has 20 heavy (non-hydrogen) atoms. The van der Waals surface area contributed by atoms with E-state index in [1.807, 2.05) is 44.2 Å². The molecule has 1 aromatic carbocycles. The molecule has 0 unspecified atom stereocenters. The fourth-order valence-electron chi connectivity index (χ4n) is 2.03. The second-order valence-corrected chi connectivity index (χ2v) is 5.15. The molecule has 0 atom stereocenters. The second kappa shape index (κ2) is 6.73. The number of halogens is 1. The van der Waals surface area contributed by atoms with Crippen LogP contribution in [0.2, 0.25) is 5.02 Å². The van der Waals surface area contributed by atoms with Crippen molar-refractivity contribution in [2.75, 3.05) is 6.54 Å². The van der Waals surface area contributed by atoms with Crippen LogP contribution in [0.3, 0.4) is 0 Å². The Morgan fingerprint density at radius 3 is 2.55 bits per heavy atom. The summed E-state index contributed by atoms with van der Waals surface area (Å²) in [5, 5.41) is 3.97. The Hall–Kier alpha value is -1.58. The number of ether oxygens (including phenoxy) is 1. The maximum Gasteiger partial charge on any atom is 0.219 e. The Balaban J connectivity index is 2.22. The Morgan fingerprint density at radius 2 is 1.90 bits per heavy atom. The second-order valence-electron chi connectivity index (χ2n) is 4.72. The van der Waals surface area contributed by atoms with Crippen molar-refractivity contribution in [1.29, 1.82) is 0 Å². The van der Waals surface area contributed by atoms with E-state index in [1.165, 1.54) is 0 Å². The summed E-state index contributed by atoms with van der Waals surface area (Å²) in [4.78, 5) is 4.49. The molecule has 0 fully saturated rings. The Kier molecular flexibility index (Phi) is 4.99. The number of pyridine rings is 1. The molecule has 2 rings (SSSR count). The lowest BCUT2D eigenvalue weighted by Crippen LogP contribution is -2.12. The molecule has 3 nitrogen and oxygen atoms in total. The van der Waals surface area contributed by atoms with E-state index in [-0.39, 0.29) is 0 Å². The average molecular weight is 291 g/mol. The van der Waals surface area contributed by atoms with Crippen LogP contribution in [0, 0.1) is 13.8 Å². The first-order valence-corrected chi connectivity index (χ1v) is 7.09. The molecule has 4 heteroatoms. The lowest BCUT2D eigenvalue weighted by Gasteiger charge is -2.12. The molecule has 0 aliphatic heterocycles. The zero-order valence-corrected chi connectivity index (χ0v) is 12.8. The van der Waals surface area contributed by atoms with Gasteiger partial charge in [0, 0.05) is 17.6 Å². The van der Waals surface area contributed by atoms with E-state index in [4.69, 9.17) is 16.3 Å². The summed E-state index contributed by atoms with van der Waals surface area (Å²) in [7, 11) is 0. The van der Waals surface area contributed by atoms with Crippen LogP contribution in [-0.2, 0) is 6.54 Å². The van der Waals surface area contributed by atoms with Crippen molar-refractivity contribution < 1.29 is 4.74 Å². The van der Waals surface area contributed by atoms with Crippen LogP contribution in [0.4, 0.5) is 0 Å². The molecule has 1 N–H and O–H groups in total. The van der Waals surface area contributed by atoms with Crippen molar-refractivity contribution in [3.8, 4) is 11.6 Å². The highest BCUT2D eigenvalue weighted by Gasteiger charge is 2.08. The maximum atomic E-state index is 6.03. The molecule has 2 aromatic rings. The van der Waals surface area contributed by atoms with Gasteiger partial charge in [0.1, 0.15) is 5.75 Å². The van der Waals surface area contributed by atoms with Crippen molar-refractivity contribution in [1.82, 2.24) is 10.3 Å². The van der Waals surface area contributed by atoms with Gasteiger partial charge >= 0.3 is 0 Å². The first-order valence-electron chi connectivity index (χ1n) is 6.71. The van der Waals surface area contributed by atoms with Crippen LogP contribution in [-0.4, -0.2) is 11.5 Å². The van der Waals surface area contributed by atoms with Crippen LogP contribution in [0.5, 0.6) is 11.6 Å². The van der Waals surface area contributed by atoms with Gasteiger partial charge in [-0.05, 0) is 49.7 Å². The highest BCUT2D eigenvalue weighted by atomic mass is 35.5. The fourth-order valence-corrected chi connectivity index (χ4v) is 2.36. The van der Waals surface area contributed by atoms with Crippen molar-refractivity contribution in [2.45, 2.75) is 27.3 Å². The maximum absolute atomic E-state index is 6.03. The fraction of sp³-hybridized carbons (Fsp3) is 0.312. The number of nitrogens with one attached hydrogen (secondary N) is 1. The molecule has 1 heterocycles. The lowest BCUT2D eigenvalue weighted by atomic mass is 10.1. The molecular weight excluding hydrogens is 272 g/mol. The predicted octanol–water partition coefficient (Wildman–Crippen LogP) is 4.25. The highest BCUT2D eigenvalue weighted by Crippen LogP contribution is 2.30. The van der Waals surface area contributed by atoms with Crippen LogP contribution in [0.15, 0.2) is 30.3 Å². The molecule has 0 amide bonds. The molecule has 0 saturated heterocycles. The lowest BCUT2D eigenvalue weighted by molar-refractivity contribution is 0.453. The largest absolute Gasteiger partial charge is 0.438 e. The Bertz CT molecular complexity index is 576. The van der Waals surface area contributed by atoms with E-state index < -0.39 is 0 Å². The minimum absolute atomic E-state index is 0.605. The molecule has 0 aliphatic carbocycles. The monoisotopic (exact) mass is 290 g/mol. The van der Waals surface area contributed by atoms with Gasteiger partial charge in [0.25, 0.3) is 0 Å². The third-order valence-electron chi connectivity index (χ3n) is 2.97. The van der Waals surface area contributed by atoms with Crippen LogP contribution < -0.4 is 10.1 Å². The van der Waals surface area contributed by atoms with Gasteiger partial charge in [-0.1, -0.05) is 24.6 Å². The van der Waals surface area contributed by atoms with Crippen molar-refractivity contribution in [2.24, 2.45) is 0 Å². The zero-order chi connectivity index (χ0) is 14.5. The minimum atomic E-state index is 0.605. The summed E-state index contributed by atoms with van der Waals surface area (Å²) in [6, 6.07) is 9.59. The van der Waals surface area contributed by atoms with E-state index in [0.29, 0.717) is 5.88 Å². The third-order valence-corrected chi connectivity index (χ3v) is 3.19. The number of aromatic nitrogens is 1. The van der Waals surface area contributed by atoms with Gasteiger partial charge in [-0.25, -0.2) is 4.98 Å². The van der Waals surface area contributed by atoms with E-state index in [2.05, 4.69) is 17.2 Å². The summed E-state index contributed by atoms with van der Waals surface area (Å²) < 4.78 is 5.92. The standard InChI is InChI=1S/C16H19ClN2O/c1-4-18-10-14-6-5-7-15(19-14)20-16-11(2)8-13(17)9-12(16)3/h5-9,18H,4,10H2,1-3H3. The van der Waals surface area contributed by atoms with E-state index in [0.717, 1.165) is 40.7 Å². The summed E-state index contributed by atoms with van der Waals surface area (Å²) in [6.07, 6.45) is 0. The smallest absolute Gasteiger partial charge is 0.219 e. The van der Waals surface area contributed by atoms with Crippen LogP contribution >= 0.6 is 11.6 Å². The van der Waals surface area contributed by atoms with Crippen LogP contribution in [0.25, 0.3) is 0 Å². The molecule has 0 radical (unpaired) electrons.